The highest BCUT2D eigenvalue weighted by atomic mass is 28.4. The van der Waals surface area contributed by atoms with Crippen LogP contribution < -0.4 is 0 Å². The van der Waals surface area contributed by atoms with Gasteiger partial charge in [0.15, 0.2) is 0 Å². The minimum atomic E-state index is -2.85. The molecule has 0 atom stereocenters. The quantitative estimate of drug-likeness (QED) is 0.309. The Balaban J connectivity index is 4.27. The zero-order chi connectivity index (χ0) is 13.7. The Kier molecular flexibility index (Phi) is 11.5. The van der Waals surface area contributed by atoms with Gasteiger partial charge >= 0.3 is 8.80 Å². The third kappa shape index (κ3) is 7.88. The average Bonchev–Trinajstić information content (AvgIpc) is 2.39. The number of rotatable bonds is 12. The van der Waals surface area contributed by atoms with Gasteiger partial charge in [0.25, 0.3) is 0 Å². The van der Waals surface area contributed by atoms with Crippen LogP contribution >= 0.6 is 0 Å². The third-order valence-corrected chi connectivity index (χ3v) is 4.65. The van der Waals surface area contributed by atoms with Gasteiger partial charge < -0.3 is 13.3 Å². The van der Waals surface area contributed by atoms with Crippen molar-refractivity contribution in [2.24, 2.45) is 0 Å². The molecule has 0 spiro atoms. The summed E-state index contributed by atoms with van der Waals surface area (Å²) >= 11 is 0. The van der Waals surface area contributed by atoms with Gasteiger partial charge in [0, 0.05) is 19.8 Å². The van der Waals surface area contributed by atoms with Crippen LogP contribution in [-0.4, -0.2) is 28.6 Å². The molecular formula is C14H28O3Si. The minimum absolute atomic E-state index is 0.630. The highest BCUT2D eigenvalue weighted by molar-refractivity contribution is 6.69. The normalized spacial score (nSPS) is 11.4. The second kappa shape index (κ2) is 11.7. The van der Waals surface area contributed by atoms with Crippen molar-refractivity contribution in [3.8, 4) is 12.0 Å². The Labute approximate surface area is 114 Å². The predicted octanol–water partition coefficient (Wildman–Crippen LogP) is 3.55. The van der Waals surface area contributed by atoms with E-state index in [9.17, 15) is 0 Å². The first-order chi connectivity index (χ1) is 8.74. The van der Waals surface area contributed by atoms with Gasteiger partial charge in [0.2, 0.25) is 0 Å². The molecule has 0 aromatic heterocycles. The molecule has 18 heavy (non-hydrogen) atoms. The van der Waals surface area contributed by atoms with Crippen LogP contribution in [0.15, 0.2) is 0 Å². The van der Waals surface area contributed by atoms with Gasteiger partial charge in [-0.3, -0.25) is 0 Å². The smallest absolute Gasteiger partial charge is 0.364 e. The van der Waals surface area contributed by atoms with Crippen LogP contribution in [0, 0.1) is 12.0 Å². The number of hydrogen-bond donors (Lipinski definition) is 0. The van der Waals surface area contributed by atoms with Gasteiger partial charge in [-0.2, -0.15) is 0 Å². The first kappa shape index (κ1) is 17.7. The van der Waals surface area contributed by atoms with E-state index in [4.69, 9.17) is 19.7 Å². The van der Waals surface area contributed by atoms with E-state index < -0.39 is 8.80 Å². The molecule has 0 rings (SSSR count). The van der Waals surface area contributed by atoms with E-state index in [1.54, 1.807) is 0 Å². The summed E-state index contributed by atoms with van der Waals surface area (Å²) in [6.07, 6.45) is 11.8. The standard InChI is InChI=1S/C14H28O3Si/c1-5-9-12-15-18(8-4,16-13-10-6-2)17-14-11-7-3/h4H,5-7,9-14H2,1-3H3. The van der Waals surface area contributed by atoms with Crippen LogP contribution in [0.1, 0.15) is 59.3 Å². The first-order valence-corrected chi connectivity index (χ1v) is 8.86. The van der Waals surface area contributed by atoms with E-state index in [-0.39, 0.29) is 0 Å². The Hall–Kier alpha value is -0.343. The lowest BCUT2D eigenvalue weighted by molar-refractivity contribution is 0.0711. The fourth-order valence-electron chi connectivity index (χ4n) is 1.30. The molecule has 0 aliphatic carbocycles. The number of unbranched alkanes of at least 4 members (excludes halogenated alkanes) is 3. The molecule has 0 saturated carbocycles. The lowest BCUT2D eigenvalue weighted by atomic mass is 10.4. The maximum absolute atomic E-state index is 5.77. The molecule has 106 valence electrons. The van der Waals surface area contributed by atoms with Crippen molar-refractivity contribution < 1.29 is 13.3 Å². The topological polar surface area (TPSA) is 27.7 Å². The van der Waals surface area contributed by atoms with Crippen LogP contribution in [0.5, 0.6) is 0 Å². The zero-order valence-corrected chi connectivity index (χ0v) is 13.2. The van der Waals surface area contributed by atoms with Gasteiger partial charge in [-0.25, -0.2) is 0 Å². The summed E-state index contributed by atoms with van der Waals surface area (Å²) < 4.78 is 17.3. The highest BCUT2D eigenvalue weighted by Crippen LogP contribution is 2.12. The molecule has 0 saturated heterocycles. The van der Waals surface area contributed by atoms with Crippen molar-refractivity contribution in [1.82, 2.24) is 0 Å². The van der Waals surface area contributed by atoms with E-state index >= 15 is 0 Å². The Morgan fingerprint density at radius 3 is 1.33 bits per heavy atom. The van der Waals surface area contributed by atoms with Crippen molar-refractivity contribution in [2.75, 3.05) is 19.8 Å². The molecule has 0 aromatic carbocycles. The second-order valence-corrected chi connectivity index (χ2v) is 6.57. The van der Waals surface area contributed by atoms with E-state index in [0.717, 1.165) is 38.5 Å². The van der Waals surface area contributed by atoms with Gasteiger partial charge in [0.1, 0.15) is 0 Å². The highest BCUT2D eigenvalue weighted by Gasteiger charge is 2.39. The molecular weight excluding hydrogens is 244 g/mol. The van der Waals surface area contributed by atoms with E-state index in [1.165, 1.54) is 0 Å². The lowest BCUT2D eigenvalue weighted by Crippen LogP contribution is -2.45. The second-order valence-electron chi connectivity index (χ2n) is 4.31. The molecule has 0 aliphatic heterocycles. The van der Waals surface area contributed by atoms with Crippen LogP contribution in [0.4, 0.5) is 0 Å². The van der Waals surface area contributed by atoms with Crippen molar-refractivity contribution in [3.05, 3.63) is 0 Å². The van der Waals surface area contributed by atoms with Gasteiger partial charge in [0.05, 0.1) is 0 Å². The first-order valence-electron chi connectivity index (χ1n) is 7.14. The Bertz CT molecular complexity index is 199. The monoisotopic (exact) mass is 272 g/mol. The van der Waals surface area contributed by atoms with E-state index in [0.29, 0.717) is 19.8 Å². The molecule has 0 unspecified atom stereocenters. The Morgan fingerprint density at radius 1 is 0.778 bits per heavy atom. The summed E-state index contributed by atoms with van der Waals surface area (Å²) in [6.45, 7) is 8.26. The van der Waals surface area contributed by atoms with Gasteiger partial charge in [-0.05, 0) is 24.8 Å². The molecule has 0 aromatic rings. The number of hydrogen-bond acceptors (Lipinski definition) is 3. The molecule has 3 nitrogen and oxygen atoms in total. The van der Waals surface area contributed by atoms with Crippen molar-refractivity contribution >= 4 is 8.80 Å². The minimum Gasteiger partial charge on any atom is -0.364 e. The molecule has 4 heteroatoms. The molecule has 0 heterocycles. The van der Waals surface area contributed by atoms with Gasteiger partial charge in [-0.15, -0.1) is 6.42 Å². The van der Waals surface area contributed by atoms with Crippen molar-refractivity contribution in [3.63, 3.8) is 0 Å². The maximum Gasteiger partial charge on any atom is 0.591 e. The zero-order valence-electron chi connectivity index (χ0n) is 12.2. The molecule has 0 fully saturated rings. The van der Waals surface area contributed by atoms with Gasteiger partial charge in [-0.1, -0.05) is 40.0 Å². The van der Waals surface area contributed by atoms with Crippen LogP contribution in [0.3, 0.4) is 0 Å². The molecule has 0 amide bonds. The average molecular weight is 272 g/mol. The summed E-state index contributed by atoms with van der Waals surface area (Å²) in [5, 5.41) is 0. The summed E-state index contributed by atoms with van der Waals surface area (Å²) in [4.78, 5) is 0. The largest absolute Gasteiger partial charge is 0.591 e. The number of terminal acetylenes is 1. The van der Waals surface area contributed by atoms with E-state index in [1.807, 2.05) is 0 Å². The van der Waals surface area contributed by atoms with Crippen molar-refractivity contribution in [1.29, 1.82) is 0 Å². The SMILES string of the molecule is C#C[Si](OCCCC)(OCCCC)OCCCC. The third-order valence-electron chi connectivity index (χ3n) is 2.55. The van der Waals surface area contributed by atoms with Crippen LogP contribution in [0.25, 0.3) is 0 Å². The fraction of sp³-hybridized carbons (Fsp3) is 0.857. The van der Waals surface area contributed by atoms with Crippen LogP contribution in [0.2, 0.25) is 0 Å². The summed E-state index contributed by atoms with van der Waals surface area (Å²) in [7, 11) is -2.85. The maximum atomic E-state index is 5.77. The molecule has 0 N–H and O–H groups in total. The summed E-state index contributed by atoms with van der Waals surface area (Å²) in [5.74, 6) is 0. The lowest BCUT2D eigenvalue weighted by Gasteiger charge is -2.24. The fourth-order valence-corrected chi connectivity index (χ4v) is 3.04. The summed E-state index contributed by atoms with van der Waals surface area (Å²) in [5.41, 5.74) is 2.66. The van der Waals surface area contributed by atoms with Crippen LogP contribution in [-0.2, 0) is 13.3 Å². The molecule has 0 bridgehead atoms. The molecule has 0 radical (unpaired) electrons. The van der Waals surface area contributed by atoms with Crippen molar-refractivity contribution in [2.45, 2.75) is 59.3 Å². The molecule has 0 aliphatic rings. The van der Waals surface area contributed by atoms with E-state index in [2.05, 4.69) is 26.3 Å². The summed E-state index contributed by atoms with van der Waals surface area (Å²) in [6, 6.07) is 0. The predicted molar refractivity (Wildman–Crippen MR) is 77.2 cm³/mol. The Morgan fingerprint density at radius 2 is 1.11 bits per heavy atom.